The van der Waals surface area contributed by atoms with Crippen molar-refractivity contribution in [2.45, 2.75) is 90.0 Å². The van der Waals surface area contributed by atoms with Gasteiger partial charge in [0.2, 0.25) is 0 Å². The number of carboxylic acids is 1. The molecule has 0 aromatic carbocycles. The van der Waals surface area contributed by atoms with Gasteiger partial charge in [-0.15, -0.1) is 0 Å². The van der Waals surface area contributed by atoms with Crippen LogP contribution in [0, 0.1) is 5.92 Å². The first-order valence-electron chi connectivity index (χ1n) is 9.24. The second kappa shape index (κ2) is 14.6. The Morgan fingerprint density at radius 3 is 1.96 bits per heavy atom. The Morgan fingerprint density at radius 1 is 0.957 bits per heavy atom. The van der Waals surface area contributed by atoms with E-state index < -0.39 is 12.0 Å². The summed E-state index contributed by atoms with van der Waals surface area (Å²) in [5, 5.41) is 8.86. The molecule has 23 heavy (non-hydrogen) atoms. The van der Waals surface area contributed by atoms with Gasteiger partial charge in [0.05, 0.1) is 0 Å². The summed E-state index contributed by atoms with van der Waals surface area (Å²) < 4.78 is 0. The third-order valence-corrected chi connectivity index (χ3v) is 4.35. The number of carboxylic acid groups (broad SMARTS) is 1. The van der Waals surface area contributed by atoms with Gasteiger partial charge in [0, 0.05) is 12.3 Å². The van der Waals surface area contributed by atoms with E-state index in [0.717, 1.165) is 12.8 Å². The predicted octanol–water partition coefficient (Wildman–Crippen LogP) is 3.24. The molecule has 5 N–H and O–H groups in total. The number of rotatable bonds is 16. The first-order valence-corrected chi connectivity index (χ1v) is 9.24. The van der Waals surface area contributed by atoms with Crippen molar-refractivity contribution in [1.29, 1.82) is 0 Å². The van der Waals surface area contributed by atoms with Gasteiger partial charge in [0.15, 0.2) is 0 Å². The lowest BCUT2D eigenvalue weighted by atomic mass is 9.90. The Bertz CT molecular complexity index is 321. The van der Waals surface area contributed by atoms with Crippen LogP contribution in [0.3, 0.4) is 0 Å². The molecular weight excluding hydrogens is 292 g/mol. The minimum Gasteiger partial charge on any atom is -0.480 e. The van der Waals surface area contributed by atoms with Gasteiger partial charge in [-0.25, -0.2) is 0 Å². The molecule has 0 heterocycles. The molecule has 0 fully saturated rings. The topological polar surface area (TPSA) is 106 Å². The van der Waals surface area contributed by atoms with Crippen LogP contribution < -0.4 is 11.5 Å². The summed E-state index contributed by atoms with van der Waals surface area (Å²) in [6.07, 6.45) is 12.2. The number of unbranched alkanes of at least 4 members (excludes halogenated alkanes) is 8. The average molecular weight is 328 g/mol. The normalized spacial score (nSPS) is 13.7. The van der Waals surface area contributed by atoms with Gasteiger partial charge in [-0.05, 0) is 25.8 Å². The van der Waals surface area contributed by atoms with Crippen LogP contribution in [0.2, 0.25) is 0 Å². The summed E-state index contributed by atoms with van der Waals surface area (Å²) in [5.74, 6) is -1.24. The van der Waals surface area contributed by atoms with E-state index in [1.807, 2.05) is 0 Å². The Morgan fingerprint density at radius 2 is 1.48 bits per heavy atom. The third-order valence-electron chi connectivity index (χ3n) is 4.35. The number of hydrogen-bond acceptors (Lipinski definition) is 4. The first-order chi connectivity index (χ1) is 11.0. The molecule has 0 bridgehead atoms. The second-order valence-electron chi connectivity index (χ2n) is 6.50. The number of hydrogen-bond donors (Lipinski definition) is 3. The molecule has 0 aliphatic heterocycles. The fourth-order valence-electron chi connectivity index (χ4n) is 2.83. The number of ketones is 1. The Labute approximate surface area is 141 Å². The molecule has 0 aliphatic carbocycles. The number of Topliss-reactive ketones (excluding diaryl/α,β-unsaturated/α-hetero) is 1. The van der Waals surface area contributed by atoms with Gasteiger partial charge < -0.3 is 16.6 Å². The molecule has 0 saturated heterocycles. The molecular formula is C18H36N2O3. The van der Waals surface area contributed by atoms with Crippen molar-refractivity contribution < 1.29 is 14.7 Å². The van der Waals surface area contributed by atoms with Crippen molar-refractivity contribution in [1.82, 2.24) is 0 Å². The molecule has 0 aromatic heterocycles. The third kappa shape index (κ3) is 12.2. The molecule has 0 saturated carbocycles. The summed E-state index contributed by atoms with van der Waals surface area (Å²) in [6, 6.07) is -0.973. The molecule has 1 unspecified atom stereocenters. The van der Waals surface area contributed by atoms with E-state index in [1.54, 1.807) is 0 Å². The molecule has 5 heteroatoms. The molecule has 0 radical (unpaired) electrons. The standard InChI is InChI=1S/C18H36N2O3/c1-2-3-4-5-6-7-8-9-10-11-17(21)15(12-13-19)14-16(20)18(22)23/h15-16H,2-14,19-20H2,1H3,(H,22,23)/t15?,16-/m0/s1. The molecule has 5 nitrogen and oxygen atoms in total. The zero-order chi connectivity index (χ0) is 17.5. The Hall–Kier alpha value is -0.940. The van der Waals surface area contributed by atoms with Crippen LogP contribution in [0.1, 0.15) is 84.0 Å². The number of aliphatic carboxylic acids is 1. The van der Waals surface area contributed by atoms with Crippen molar-refractivity contribution in [3.63, 3.8) is 0 Å². The number of nitrogens with two attached hydrogens (primary N) is 2. The van der Waals surface area contributed by atoms with Crippen LogP contribution in [-0.4, -0.2) is 29.4 Å². The molecule has 2 atom stereocenters. The molecule has 136 valence electrons. The Balaban J connectivity index is 3.80. The maximum Gasteiger partial charge on any atom is 0.320 e. The zero-order valence-electron chi connectivity index (χ0n) is 14.8. The van der Waals surface area contributed by atoms with Crippen LogP contribution in [0.25, 0.3) is 0 Å². The van der Waals surface area contributed by atoms with E-state index in [2.05, 4.69) is 6.92 Å². The highest BCUT2D eigenvalue weighted by atomic mass is 16.4. The first kappa shape index (κ1) is 22.1. The van der Waals surface area contributed by atoms with Gasteiger partial charge in [-0.2, -0.15) is 0 Å². The van der Waals surface area contributed by atoms with E-state index in [4.69, 9.17) is 16.6 Å². The highest BCUT2D eigenvalue weighted by Crippen LogP contribution is 2.17. The van der Waals surface area contributed by atoms with Crippen LogP contribution >= 0.6 is 0 Å². The van der Waals surface area contributed by atoms with E-state index in [0.29, 0.717) is 19.4 Å². The molecule has 0 spiro atoms. The number of carbonyl (C=O) groups is 2. The van der Waals surface area contributed by atoms with Gasteiger partial charge in [-0.3, -0.25) is 9.59 Å². The molecule has 0 amide bonds. The van der Waals surface area contributed by atoms with Crippen molar-refractivity contribution >= 4 is 11.8 Å². The maximum absolute atomic E-state index is 12.2. The summed E-state index contributed by atoms with van der Waals surface area (Å²) in [5.41, 5.74) is 11.1. The summed E-state index contributed by atoms with van der Waals surface area (Å²) >= 11 is 0. The Kier molecular flexibility index (Phi) is 14.0. The fourth-order valence-corrected chi connectivity index (χ4v) is 2.83. The van der Waals surface area contributed by atoms with Crippen molar-refractivity contribution in [2.75, 3.05) is 6.54 Å². The van der Waals surface area contributed by atoms with Gasteiger partial charge in [0.25, 0.3) is 0 Å². The van der Waals surface area contributed by atoms with Crippen LogP contribution in [-0.2, 0) is 9.59 Å². The zero-order valence-corrected chi connectivity index (χ0v) is 14.8. The van der Waals surface area contributed by atoms with Crippen molar-refractivity contribution in [2.24, 2.45) is 17.4 Å². The van der Waals surface area contributed by atoms with Crippen molar-refractivity contribution in [3.05, 3.63) is 0 Å². The lowest BCUT2D eigenvalue weighted by Crippen LogP contribution is -2.35. The van der Waals surface area contributed by atoms with Gasteiger partial charge in [-0.1, -0.05) is 58.3 Å². The monoisotopic (exact) mass is 328 g/mol. The largest absolute Gasteiger partial charge is 0.480 e. The average Bonchev–Trinajstić information content (AvgIpc) is 2.52. The SMILES string of the molecule is CCCCCCCCCCCC(=O)C(CCN)C[C@H](N)C(=O)O. The molecule has 0 aromatic rings. The van der Waals surface area contributed by atoms with E-state index in [-0.39, 0.29) is 18.1 Å². The van der Waals surface area contributed by atoms with Crippen LogP contribution in [0.5, 0.6) is 0 Å². The quantitative estimate of drug-likeness (QED) is 0.377. The van der Waals surface area contributed by atoms with Gasteiger partial charge >= 0.3 is 5.97 Å². The van der Waals surface area contributed by atoms with E-state index >= 15 is 0 Å². The van der Waals surface area contributed by atoms with E-state index in [9.17, 15) is 9.59 Å². The lowest BCUT2D eigenvalue weighted by molar-refractivity contribution is -0.139. The minimum absolute atomic E-state index is 0.120. The number of carbonyl (C=O) groups excluding carboxylic acids is 1. The summed E-state index contributed by atoms with van der Waals surface area (Å²) in [4.78, 5) is 23.0. The van der Waals surface area contributed by atoms with Crippen LogP contribution in [0.4, 0.5) is 0 Å². The molecule has 0 rings (SSSR count). The fraction of sp³-hybridized carbons (Fsp3) is 0.889. The second-order valence-corrected chi connectivity index (χ2v) is 6.50. The minimum atomic E-state index is -1.05. The van der Waals surface area contributed by atoms with E-state index in [1.165, 1.54) is 44.9 Å². The highest BCUT2D eigenvalue weighted by molar-refractivity contribution is 5.82. The van der Waals surface area contributed by atoms with Crippen molar-refractivity contribution in [3.8, 4) is 0 Å². The smallest absolute Gasteiger partial charge is 0.320 e. The van der Waals surface area contributed by atoms with Gasteiger partial charge in [0.1, 0.15) is 11.8 Å². The molecule has 0 aliphatic rings. The predicted molar refractivity (Wildman–Crippen MR) is 94.2 cm³/mol. The summed E-state index contributed by atoms with van der Waals surface area (Å²) in [7, 11) is 0. The summed E-state index contributed by atoms with van der Waals surface area (Å²) in [6.45, 7) is 2.61. The lowest BCUT2D eigenvalue weighted by Gasteiger charge is -2.17. The maximum atomic E-state index is 12.2. The highest BCUT2D eigenvalue weighted by Gasteiger charge is 2.23. The van der Waals surface area contributed by atoms with Crippen LogP contribution in [0.15, 0.2) is 0 Å².